The van der Waals surface area contributed by atoms with Crippen LogP contribution in [0.4, 0.5) is 5.69 Å². The van der Waals surface area contributed by atoms with Gasteiger partial charge in [-0.3, -0.25) is 14.2 Å². The molecule has 0 spiro atoms. The van der Waals surface area contributed by atoms with E-state index in [0.717, 1.165) is 21.4 Å². The van der Waals surface area contributed by atoms with Gasteiger partial charge in [0.25, 0.3) is 5.56 Å². The summed E-state index contributed by atoms with van der Waals surface area (Å²) in [5, 5.41) is 3.49. The van der Waals surface area contributed by atoms with Gasteiger partial charge in [-0.1, -0.05) is 46.3 Å². The minimum atomic E-state index is -0.412. The number of hydrogen-bond acceptors (Lipinski definition) is 3. The predicted octanol–water partition coefficient (Wildman–Crippen LogP) is 4.43. The molecule has 1 atom stereocenters. The monoisotopic (exact) mass is 445 g/mol. The van der Waals surface area contributed by atoms with E-state index in [9.17, 15) is 9.59 Å². The summed E-state index contributed by atoms with van der Waals surface area (Å²) < 4.78 is 2.52. The van der Waals surface area contributed by atoms with Crippen molar-refractivity contribution in [1.29, 1.82) is 0 Å². The molecule has 1 aliphatic rings. The van der Waals surface area contributed by atoms with Crippen LogP contribution in [0, 0.1) is 0 Å². The highest BCUT2D eigenvalue weighted by molar-refractivity contribution is 9.10. The van der Waals surface area contributed by atoms with Crippen molar-refractivity contribution < 1.29 is 4.79 Å². The number of nitrogens with zero attached hydrogens (tertiary/aromatic N) is 2. The Kier molecular flexibility index (Phi) is 4.28. The Morgan fingerprint density at radius 2 is 1.72 bits per heavy atom. The SMILES string of the molecule is O=C1Nc2ccc(Br)cc2[C@@H]1Cc1nc2ccccc2c(=O)n1-c1ccccc1. The summed E-state index contributed by atoms with van der Waals surface area (Å²) in [4.78, 5) is 30.8. The fourth-order valence-electron chi connectivity index (χ4n) is 3.84. The van der Waals surface area contributed by atoms with Gasteiger partial charge < -0.3 is 5.32 Å². The fraction of sp³-hybridized carbons (Fsp3) is 0.0870. The van der Waals surface area contributed by atoms with Crippen LogP contribution in [0.3, 0.4) is 0 Å². The van der Waals surface area contributed by atoms with Gasteiger partial charge in [-0.2, -0.15) is 0 Å². The van der Waals surface area contributed by atoms with Crippen LogP contribution in [-0.2, 0) is 11.2 Å². The van der Waals surface area contributed by atoms with E-state index in [0.29, 0.717) is 23.1 Å². The van der Waals surface area contributed by atoms with Gasteiger partial charge in [-0.05, 0) is 48.0 Å². The molecule has 29 heavy (non-hydrogen) atoms. The quantitative estimate of drug-likeness (QED) is 0.507. The highest BCUT2D eigenvalue weighted by atomic mass is 79.9. The normalized spacial score (nSPS) is 15.3. The Bertz CT molecular complexity index is 1320. The Balaban J connectivity index is 1.70. The Labute approximate surface area is 175 Å². The molecule has 0 aliphatic carbocycles. The van der Waals surface area contributed by atoms with Crippen molar-refractivity contribution in [2.45, 2.75) is 12.3 Å². The van der Waals surface area contributed by atoms with Crippen molar-refractivity contribution in [2.75, 3.05) is 5.32 Å². The molecule has 5 nitrogen and oxygen atoms in total. The van der Waals surface area contributed by atoms with E-state index < -0.39 is 5.92 Å². The first-order chi connectivity index (χ1) is 14.1. The number of fused-ring (bicyclic) bond motifs is 2. The van der Waals surface area contributed by atoms with Crippen LogP contribution in [0.2, 0.25) is 0 Å². The van der Waals surface area contributed by atoms with E-state index in [-0.39, 0.29) is 11.5 Å². The van der Waals surface area contributed by atoms with E-state index in [1.807, 2.05) is 66.7 Å². The van der Waals surface area contributed by atoms with Crippen molar-refractivity contribution >= 4 is 38.4 Å². The Hall–Kier alpha value is -3.25. The third kappa shape index (κ3) is 3.06. The third-order valence-corrected chi connectivity index (χ3v) is 5.70. The number of nitrogens with one attached hydrogen (secondary N) is 1. The summed E-state index contributed by atoms with van der Waals surface area (Å²) in [5.74, 6) is 0.0681. The lowest BCUT2D eigenvalue weighted by atomic mass is 9.96. The Morgan fingerprint density at radius 1 is 0.966 bits per heavy atom. The molecule has 6 heteroatoms. The number of carbonyl (C=O) groups is 1. The summed E-state index contributed by atoms with van der Waals surface area (Å²) in [6, 6.07) is 22.5. The molecular weight excluding hydrogens is 430 g/mol. The summed E-state index contributed by atoms with van der Waals surface area (Å²) >= 11 is 3.48. The topological polar surface area (TPSA) is 64.0 Å². The Morgan fingerprint density at radius 3 is 2.55 bits per heavy atom. The fourth-order valence-corrected chi connectivity index (χ4v) is 4.22. The molecule has 0 saturated carbocycles. The van der Waals surface area contributed by atoms with Crippen molar-refractivity contribution in [1.82, 2.24) is 9.55 Å². The van der Waals surface area contributed by atoms with Crippen LogP contribution in [0.25, 0.3) is 16.6 Å². The molecule has 3 aromatic carbocycles. The molecule has 0 unspecified atom stereocenters. The lowest BCUT2D eigenvalue weighted by Gasteiger charge is -2.16. The van der Waals surface area contributed by atoms with Crippen LogP contribution >= 0.6 is 15.9 Å². The summed E-state index contributed by atoms with van der Waals surface area (Å²) in [6.07, 6.45) is 0.324. The number of para-hydroxylation sites is 2. The van der Waals surface area contributed by atoms with Gasteiger partial charge in [0.15, 0.2) is 0 Å². The molecule has 142 valence electrons. The zero-order chi connectivity index (χ0) is 20.0. The molecule has 5 rings (SSSR count). The molecule has 0 bridgehead atoms. The van der Waals surface area contributed by atoms with Gasteiger partial charge in [-0.25, -0.2) is 4.98 Å². The first kappa shape index (κ1) is 17.8. The summed E-state index contributed by atoms with van der Waals surface area (Å²) in [6.45, 7) is 0. The van der Waals surface area contributed by atoms with Crippen molar-refractivity contribution in [3.8, 4) is 5.69 Å². The zero-order valence-corrected chi connectivity index (χ0v) is 16.9. The maximum atomic E-state index is 13.3. The average molecular weight is 446 g/mol. The first-order valence-electron chi connectivity index (χ1n) is 9.28. The number of rotatable bonds is 3. The summed E-state index contributed by atoms with van der Waals surface area (Å²) in [5.41, 5.74) is 2.94. The van der Waals surface area contributed by atoms with Crippen molar-refractivity contribution in [3.63, 3.8) is 0 Å². The number of anilines is 1. The lowest BCUT2D eigenvalue weighted by Crippen LogP contribution is -2.26. The predicted molar refractivity (Wildman–Crippen MR) is 117 cm³/mol. The van der Waals surface area contributed by atoms with Crippen LogP contribution in [0.5, 0.6) is 0 Å². The number of amides is 1. The van der Waals surface area contributed by atoms with E-state index in [1.54, 1.807) is 10.6 Å². The zero-order valence-electron chi connectivity index (χ0n) is 15.3. The van der Waals surface area contributed by atoms with E-state index >= 15 is 0 Å². The lowest BCUT2D eigenvalue weighted by molar-refractivity contribution is -0.117. The molecule has 1 amide bonds. The van der Waals surface area contributed by atoms with E-state index in [2.05, 4.69) is 21.2 Å². The van der Waals surface area contributed by atoms with Gasteiger partial charge in [0.05, 0.1) is 22.5 Å². The first-order valence-corrected chi connectivity index (χ1v) is 10.1. The highest BCUT2D eigenvalue weighted by Crippen LogP contribution is 2.36. The van der Waals surface area contributed by atoms with Crippen LogP contribution < -0.4 is 10.9 Å². The van der Waals surface area contributed by atoms with Crippen molar-refractivity contribution in [3.05, 3.63) is 99.0 Å². The smallest absolute Gasteiger partial charge is 0.265 e. The van der Waals surface area contributed by atoms with Crippen LogP contribution in [0.1, 0.15) is 17.3 Å². The maximum Gasteiger partial charge on any atom is 0.265 e. The highest BCUT2D eigenvalue weighted by Gasteiger charge is 2.32. The van der Waals surface area contributed by atoms with Gasteiger partial charge in [0.1, 0.15) is 5.82 Å². The number of hydrogen-bond donors (Lipinski definition) is 1. The average Bonchev–Trinajstić information content (AvgIpc) is 3.03. The van der Waals surface area contributed by atoms with Gasteiger partial charge >= 0.3 is 0 Å². The molecular formula is C23H16BrN3O2. The summed E-state index contributed by atoms with van der Waals surface area (Å²) in [7, 11) is 0. The largest absolute Gasteiger partial charge is 0.325 e. The number of benzene rings is 3. The molecule has 0 saturated heterocycles. The van der Waals surface area contributed by atoms with Crippen LogP contribution in [0.15, 0.2) is 82.1 Å². The second-order valence-corrected chi connectivity index (χ2v) is 7.91. The second kappa shape index (κ2) is 6.97. The third-order valence-electron chi connectivity index (χ3n) is 5.21. The van der Waals surface area contributed by atoms with E-state index in [1.165, 1.54) is 0 Å². The second-order valence-electron chi connectivity index (χ2n) is 7.00. The number of aromatic nitrogens is 2. The number of halogens is 1. The van der Waals surface area contributed by atoms with Gasteiger partial charge in [0, 0.05) is 16.6 Å². The molecule has 4 aromatic rings. The van der Waals surface area contributed by atoms with Crippen molar-refractivity contribution in [2.24, 2.45) is 0 Å². The minimum absolute atomic E-state index is 0.0832. The molecule has 1 aromatic heterocycles. The van der Waals surface area contributed by atoms with E-state index in [4.69, 9.17) is 4.98 Å². The van der Waals surface area contributed by atoms with Gasteiger partial charge in [-0.15, -0.1) is 0 Å². The maximum absolute atomic E-state index is 13.3. The van der Waals surface area contributed by atoms with Gasteiger partial charge in [0.2, 0.25) is 5.91 Å². The van der Waals surface area contributed by atoms with Crippen LogP contribution in [-0.4, -0.2) is 15.5 Å². The molecule has 0 fully saturated rings. The molecule has 1 N–H and O–H groups in total. The molecule has 1 aliphatic heterocycles. The molecule has 0 radical (unpaired) electrons. The number of carbonyl (C=O) groups excluding carboxylic acids is 1. The minimum Gasteiger partial charge on any atom is -0.325 e. The standard InChI is InChI=1S/C23H16BrN3O2/c24-14-10-11-20-17(12-14)18(22(28)26-20)13-21-25-19-9-5-4-8-16(19)23(29)27(21)15-6-2-1-3-7-15/h1-12,18H,13H2,(H,26,28)/t18-/m0/s1. The molecule has 2 heterocycles.